The number of carbonyl (C=O) groups excluding carboxylic acids is 1. The molecule has 1 amide bonds. The maximum Gasteiger partial charge on any atom is 0.253 e. The van der Waals surface area contributed by atoms with Crippen molar-refractivity contribution in [3.05, 3.63) is 29.8 Å². The quantitative estimate of drug-likeness (QED) is 0.769. The Hall–Kier alpha value is -1.55. The van der Waals surface area contributed by atoms with Crippen molar-refractivity contribution in [2.75, 3.05) is 40.0 Å². The molecule has 1 aromatic rings. The van der Waals surface area contributed by atoms with Crippen LogP contribution in [0.25, 0.3) is 0 Å². The van der Waals surface area contributed by atoms with E-state index in [0.717, 1.165) is 6.54 Å². The molecular formula is C12H19N3O. The van der Waals surface area contributed by atoms with Crippen molar-refractivity contribution >= 4 is 11.6 Å². The van der Waals surface area contributed by atoms with Crippen LogP contribution in [0.2, 0.25) is 0 Å². The van der Waals surface area contributed by atoms with Crippen LogP contribution >= 0.6 is 0 Å². The van der Waals surface area contributed by atoms with Gasteiger partial charge in [0.2, 0.25) is 0 Å². The molecule has 0 aromatic heterocycles. The fourth-order valence-corrected chi connectivity index (χ4v) is 1.34. The second-order valence-corrected chi connectivity index (χ2v) is 4.16. The minimum Gasteiger partial charge on any atom is -0.399 e. The molecule has 1 aromatic carbocycles. The van der Waals surface area contributed by atoms with Crippen LogP contribution in [0.15, 0.2) is 24.3 Å². The Balaban J connectivity index is 2.63. The number of benzene rings is 1. The number of nitrogens with zero attached hydrogens (tertiary/aromatic N) is 2. The third-order valence-electron chi connectivity index (χ3n) is 2.36. The average molecular weight is 221 g/mol. The van der Waals surface area contributed by atoms with Crippen LogP contribution < -0.4 is 5.73 Å². The van der Waals surface area contributed by atoms with Crippen molar-refractivity contribution in [1.29, 1.82) is 0 Å². The normalized spacial score (nSPS) is 10.5. The molecule has 0 aliphatic rings. The Morgan fingerprint density at radius 2 is 1.94 bits per heavy atom. The van der Waals surface area contributed by atoms with Gasteiger partial charge in [0.05, 0.1) is 0 Å². The van der Waals surface area contributed by atoms with Crippen molar-refractivity contribution < 1.29 is 4.79 Å². The monoisotopic (exact) mass is 221 g/mol. The van der Waals surface area contributed by atoms with E-state index >= 15 is 0 Å². The molecule has 0 bridgehead atoms. The van der Waals surface area contributed by atoms with E-state index in [1.54, 1.807) is 36.2 Å². The zero-order valence-corrected chi connectivity index (χ0v) is 10.1. The molecule has 0 aliphatic carbocycles. The van der Waals surface area contributed by atoms with Gasteiger partial charge in [0, 0.05) is 31.4 Å². The summed E-state index contributed by atoms with van der Waals surface area (Å²) in [5, 5.41) is 0. The third kappa shape index (κ3) is 3.55. The van der Waals surface area contributed by atoms with Crippen LogP contribution in [0.1, 0.15) is 10.4 Å². The lowest BCUT2D eigenvalue weighted by Crippen LogP contribution is -2.33. The molecule has 0 aliphatic heterocycles. The zero-order chi connectivity index (χ0) is 12.1. The largest absolute Gasteiger partial charge is 0.399 e. The Labute approximate surface area is 96.6 Å². The standard InChI is InChI=1S/C12H19N3O/c1-14(2)7-8-15(3)12(16)10-5-4-6-11(13)9-10/h4-6,9H,7-8,13H2,1-3H3. The van der Waals surface area contributed by atoms with Gasteiger partial charge in [-0.3, -0.25) is 4.79 Å². The first-order valence-corrected chi connectivity index (χ1v) is 5.26. The van der Waals surface area contributed by atoms with Crippen molar-refractivity contribution in [1.82, 2.24) is 9.80 Å². The van der Waals surface area contributed by atoms with Gasteiger partial charge in [-0.05, 0) is 32.3 Å². The molecule has 0 spiro atoms. The van der Waals surface area contributed by atoms with Gasteiger partial charge in [0.25, 0.3) is 5.91 Å². The van der Waals surface area contributed by atoms with Gasteiger partial charge in [-0.15, -0.1) is 0 Å². The second kappa shape index (κ2) is 5.51. The Bertz CT molecular complexity index is 363. The van der Waals surface area contributed by atoms with Crippen LogP contribution in [0.3, 0.4) is 0 Å². The van der Waals surface area contributed by atoms with E-state index in [-0.39, 0.29) is 5.91 Å². The smallest absolute Gasteiger partial charge is 0.253 e. The molecule has 0 atom stereocenters. The number of amides is 1. The summed E-state index contributed by atoms with van der Waals surface area (Å²) in [6.45, 7) is 1.56. The molecule has 0 saturated heterocycles. The number of nitrogens with two attached hydrogens (primary N) is 1. The Morgan fingerprint density at radius 1 is 1.25 bits per heavy atom. The fourth-order valence-electron chi connectivity index (χ4n) is 1.34. The molecule has 1 rings (SSSR count). The van der Waals surface area contributed by atoms with Gasteiger partial charge in [0.1, 0.15) is 0 Å². The molecule has 16 heavy (non-hydrogen) atoms. The summed E-state index contributed by atoms with van der Waals surface area (Å²) in [5.41, 5.74) is 6.90. The van der Waals surface area contributed by atoms with Gasteiger partial charge in [-0.1, -0.05) is 6.07 Å². The predicted molar refractivity (Wildman–Crippen MR) is 66.4 cm³/mol. The van der Waals surface area contributed by atoms with Gasteiger partial charge in [0.15, 0.2) is 0 Å². The van der Waals surface area contributed by atoms with E-state index in [0.29, 0.717) is 17.8 Å². The minimum absolute atomic E-state index is 0.00847. The number of rotatable bonds is 4. The lowest BCUT2D eigenvalue weighted by molar-refractivity contribution is 0.0786. The van der Waals surface area contributed by atoms with Crippen LogP contribution in [-0.4, -0.2) is 49.9 Å². The minimum atomic E-state index is 0.00847. The van der Waals surface area contributed by atoms with Gasteiger partial charge >= 0.3 is 0 Å². The number of hydrogen-bond donors (Lipinski definition) is 1. The van der Waals surface area contributed by atoms with E-state index in [1.807, 2.05) is 19.0 Å². The highest BCUT2D eigenvalue weighted by Crippen LogP contribution is 2.08. The number of likely N-dealkylation sites (N-methyl/N-ethyl adjacent to an activating group) is 2. The van der Waals surface area contributed by atoms with Crippen LogP contribution in [0.4, 0.5) is 5.69 Å². The summed E-state index contributed by atoms with van der Waals surface area (Å²) < 4.78 is 0. The Morgan fingerprint density at radius 3 is 2.50 bits per heavy atom. The molecule has 88 valence electrons. The summed E-state index contributed by atoms with van der Waals surface area (Å²) in [6, 6.07) is 7.05. The first-order valence-electron chi connectivity index (χ1n) is 5.26. The van der Waals surface area contributed by atoms with Crippen molar-refractivity contribution in [3.63, 3.8) is 0 Å². The van der Waals surface area contributed by atoms with Gasteiger partial charge < -0.3 is 15.5 Å². The SMILES string of the molecule is CN(C)CCN(C)C(=O)c1cccc(N)c1. The topological polar surface area (TPSA) is 49.6 Å². The predicted octanol–water partition coefficient (Wildman–Crippen LogP) is 0.902. The molecule has 0 radical (unpaired) electrons. The van der Waals surface area contributed by atoms with Gasteiger partial charge in [-0.25, -0.2) is 0 Å². The molecule has 0 heterocycles. The summed E-state index contributed by atoms with van der Waals surface area (Å²) in [7, 11) is 5.77. The summed E-state index contributed by atoms with van der Waals surface area (Å²) in [4.78, 5) is 15.7. The van der Waals surface area contributed by atoms with Crippen LogP contribution in [0.5, 0.6) is 0 Å². The van der Waals surface area contributed by atoms with E-state index in [9.17, 15) is 4.79 Å². The Kier molecular flexibility index (Phi) is 4.31. The lowest BCUT2D eigenvalue weighted by atomic mass is 10.2. The number of carbonyl (C=O) groups is 1. The van der Waals surface area contributed by atoms with Crippen LogP contribution in [0, 0.1) is 0 Å². The molecule has 4 heteroatoms. The van der Waals surface area contributed by atoms with E-state index in [2.05, 4.69) is 0 Å². The number of anilines is 1. The summed E-state index contributed by atoms with van der Waals surface area (Å²) >= 11 is 0. The first-order chi connectivity index (χ1) is 7.50. The molecule has 2 N–H and O–H groups in total. The van der Waals surface area contributed by atoms with Gasteiger partial charge in [-0.2, -0.15) is 0 Å². The van der Waals surface area contributed by atoms with Crippen molar-refractivity contribution in [2.45, 2.75) is 0 Å². The maximum atomic E-state index is 12.0. The highest BCUT2D eigenvalue weighted by Gasteiger charge is 2.11. The third-order valence-corrected chi connectivity index (χ3v) is 2.36. The highest BCUT2D eigenvalue weighted by atomic mass is 16.2. The van der Waals surface area contributed by atoms with Crippen LogP contribution in [-0.2, 0) is 0 Å². The van der Waals surface area contributed by atoms with E-state index in [4.69, 9.17) is 5.73 Å². The number of nitrogen functional groups attached to an aromatic ring is 1. The maximum absolute atomic E-state index is 12.0. The second-order valence-electron chi connectivity index (χ2n) is 4.16. The average Bonchev–Trinajstić information content (AvgIpc) is 2.24. The van der Waals surface area contributed by atoms with E-state index < -0.39 is 0 Å². The highest BCUT2D eigenvalue weighted by molar-refractivity contribution is 5.94. The summed E-state index contributed by atoms with van der Waals surface area (Å²) in [5.74, 6) is 0.00847. The molecule has 0 fully saturated rings. The fraction of sp³-hybridized carbons (Fsp3) is 0.417. The van der Waals surface area contributed by atoms with Crippen molar-refractivity contribution in [3.8, 4) is 0 Å². The van der Waals surface area contributed by atoms with E-state index in [1.165, 1.54) is 0 Å². The number of hydrogen-bond acceptors (Lipinski definition) is 3. The first kappa shape index (κ1) is 12.5. The summed E-state index contributed by atoms with van der Waals surface area (Å²) in [6.07, 6.45) is 0. The molecule has 0 saturated carbocycles. The molecule has 0 unspecified atom stereocenters. The molecule has 4 nitrogen and oxygen atoms in total. The molecular weight excluding hydrogens is 202 g/mol. The zero-order valence-electron chi connectivity index (χ0n) is 10.1. The lowest BCUT2D eigenvalue weighted by Gasteiger charge is -2.19. The van der Waals surface area contributed by atoms with Crippen molar-refractivity contribution in [2.24, 2.45) is 0 Å².